The molecule has 11 heteroatoms. The van der Waals surface area contributed by atoms with Gasteiger partial charge in [-0.3, -0.25) is 15.1 Å². The van der Waals surface area contributed by atoms with Gasteiger partial charge in [0.1, 0.15) is 11.4 Å². The zero-order valence-corrected chi connectivity index (χ0v) is 10.8. The van der Waals surface area contributed by atoms with Gasteiger partial charge in [-0.15, -0.1) is 0 Å². The lowest BCUT2D eigenvalue weighted by Crippen LogP contribution is -2.09. The lowest BCUT2D eigenvalue weighted by Gasteiger charge is -2.09. The smallest absolute Gasteiger partial charge is 0.258 e. The summed E-state index contributed by atoms with van der Waals surface area (Å²) >= 11 is 0. The molecule has 0 saturated heterocycles. The molecule has 5 nitrogen and oxygen atoms in total. The van der Waals surface area contributed by atoms with Crippen molar-refractivity contribution in [3.05, 3.63) is 52.0 Å². The van der Waals surface area contributed by atoms with Crippen LogP contribution in [0, 0.1) is 10.1 Å². The molecular weight excluding hydrogens is 332 g/mol. The minimum Gasteiger partial charge on any atom is -0.258 e. The molecule has 0 spiro atoms. The molecule has 0 saturated carbocycles. The minimum absolute atomic E-state index is 0.210. The molecule has 0 amide bonds. The third kappa shape index (κ3) is 3.55. The van der Waals surface area contributed by atoms with Gasteiger partial charge in [0.15, 0.2) is 0 Å². The lowest BCUT2D eigenvalue weighted by molar-refractivity contribution is -0.384. The molecule has 0 aliphatic heterocycles. The molecule has 0 bridgehead atoms. The van der Waals surface area contributed by atoms with E-state index in [4.69, 9.17) is 0 Å². The Balaban J connectivity index is 2.53. The Bertz CT molecular complexity index is 740. The summed E-state index contributed by atoms with van der Waals surface area (Å²) in [5, 5.41) is 10.9. The van der Waals surface area contributed by atoms with Crippen molar-refractivity contribution in [2.24, 2.45) is 0 Å². The van der Waals surface area contributed by atoms with Gasteiger partial charge in [0.05, 0.1) is 10.5 Å². The number of nitrogens with zero attached hydrogens (tertiary/aromatic N) is 3. The number of rotatable bonds is 2. The molecule has 2 aromatic heterocycles. The van der Waals surface area contributed by atoms with E-state index in [1.165, 1.54) is 0 Å². The maximum Gasteiger partial charge on any atom is 0.433 e. The highest BCUT2D eigenvalue weighted by atomic mass is 19.4. The van der Waals surface area contributed by atoms with E-state index in [9.17, 15) is 36.5 Å². The predicted molar refractivity (Wildman–Crippen MR) is 64.1 cm³/mol. The van der Waals surface area contributed by atoms with Gasteiger partial charge >= 0.3 is 12.4 Å². The first-order valence-corrected chi connectivity index (χ1v) is 5.75. The molecule has 23 heavy (non-hydrogen) atoms. The van der Waals surface area contributed by atoms with Crippen molar-refractivity contribution >= 4 is 5.69 Å². The number of aromatic nitrogens is 2. The van der Waals surface area contributed by atoms with Crippen molar-refractivity contribution in [1.82, 2.24) is 9.97 Å². The molecule has 0 fully saturated rings. The molecule has 0 aliphatic rings. The molecule has 0 aliphatic carbocycles. The van der Waals surface area contributed by atoms with Crippen LogP contribution in [0.25, 0.3) is 11.3 Å². The first-order valence-electron chi connectivity index (χ1n) is 5.75. The average molecular weight is 337 g/mol. The molecule has 122 valence electrons. The van der Waals surface area contributed by atoms with Crippen LogP contribution in [0.2, 0.25) is 0 Å². The first kappa shape index (κ1) is 16.6. The van der Waals surface area contributed by atoms with Crippen molar-refractivity contribution in [1.29, 1.82) is 0 Å². The van der Waals surface area contributed by atoms with Crippen LogP contribution in [-0.2, 0) is 12.4 Å². The normalized spacial score (nSPS) is 12.3. The van der Waals surface area contributed by atoms with Gasteiger partial charge in [-0.25, -0.2) is 4.98 Å². The van der Waals surface area contributed by atoms with Crippen LogP contribution in [0.5, 0.6) is 0 Å². The second-order valence-electron chi connectivity index (χ2n) is 4.28. The molecule has 0 unspecified atom stereocenters. The first-order chi connectivity index (χ1) is 10.5. The number of hydrogen-bond donors (Lipinski definition) is 0. The summed E-state index contributed by atoms with van der Waals surface area (Å²) in [7, 11) is 0. The fraction of sp³-hybridized carbons (Fsp3) is 0.167. The summed E-state index contributed by atoms with van der Waals surface area (Å²) in [6.07, 6.45) is -8.53. The van der Waals surface area contributed by atoms with Crippen molar-refractivity contribution in [2.45, 2.75) is 12.4 Å². The van der Waals surface area contributed by atoms with Gasteiger partial charge in [-0.05, 0) is 12.1 Å². The van der Waals surface area contributed by atoms with E-state index in [0.29, 0.717) is 18.5 Å². The van der Waals surface area contributed by atoms with Gasteiger partial charge in [0, 0.05) is 24.0 Å². The summed E-state index contributed by atoms with van der Waals surface area (Å²) in [4.78, 5) is 16.2. The Kier molecular flexibility index (Phi) is 3.97. The minimum atomic E-state index is -4.84. The van der Waals surface area contributed by atoms with Gasteiger partial charge < -0.3 is 0 Å². The Morgan fingerprint density at radius 3 is 2.04 bits per heavy atom. The molecule has 0 radical (unpaired) electrons. The van der Waals surface area contributed by atoms with Crippen LogP contribution in [0.3, 0.4) is 0 Å². The fourth-order valence-corrected chi connectivity index (χ4v) is 1.67. The maximum absolute atomic E-state index is 12.5. The molecule has 2 heterocycles. The highest BCUT2D eigenvalue weighted by Gasteiger charge is 2.35. The summed E-state index contributed by atoms with van der Waals surface area (Å²) in [6, 6.07) is 1.66. The van der Waals surface area contributed by atoms with E-state index >= 15 is 0 Å². The zero-order valence-electron chi connectivity index (χ0n) is 10.8. The summed E-state index contributed by atoms with van der Waals surface area (Å²) in [6.45, 7) is 0. The maximum atomic E-state index is 12.5. The monoisotopic (exact) mass is 337 g/mol. The average Bonchev–Trinajstić information content (AvgIpc) is 2.45. The van der Waals surface area contributed by atoms with Gasteiger partial charge in [0.25, 0.3) is 5.69 Å². The second-order valence-corrected chi connectivity index (χ2v) is 4.28. The van der Waals surface area contributed by atoms with E-state index in [2.05, 4.69) is 9.97 Å². The lowest BCUT2D eigenvalue weighted by atomic mass is 10.1. The Hall–Kier alpha value is -2.72. The SMILES string of the molecule is O=[N+]([O-])c1cc(C(F)(F)F)cnc1-c1ccc(C(F)(F)F)nc1. The van der Waals surface area contributed by atoms with Gasteiger partial charge in [-0.2, -0.15) is 26.3 Å². The van der Waals surface area contributed by atoms with E-state index in [1.807, 2.05) is 0 Å². The third-order valence-corrected chi connectivity index (χ3v) is 2.72. The van der Waals surface area contributed by atoms with E-state index in [-0.39, 0.29) is 11.6 Å². The van der Waals surface area contributed by atoms with Crippen molar-refractivity contribution in [3.63, 3.8) is 0 Å². The number of pyridine rings is 2. The van der Waals surface area contributed by atoms with Crippen molar-refractivity contribution in [3.8, 4) is 11.3 Å². The Labute approximate surface area is 123 Å². The van der Waals surface area contributed by atoms with Gasteiger partial charge in [-0.1, -0.05) is 0 Å². The van der Waals surface area contributed by atoms with Crippen LogP contribution < -0.4 is 0 Å². The Morgan fingerprint density at radius 1 is 0.957 bits per heavy atom. The standard InChI is InChI=1S/C12H5F6N3O2/c13-11(14,15)7-3-8(21(22)23)10(20-5-7)6-1-2-9(19-4-6)12(16,17)18/h1-5H. The van der Waals surface area contributed by atoms with Crippen LogP contribution in [0.4, 0.5) is 32.0 Å². The van der Waals surface area contributed by atoms with Crippen LogP contribution in [-0.4, -0.2) is 14.9 Å². The van der Waals surface area contributed by atoms with E-state index < -0.39 is 39.9 Å². The van der Waals surface area contributed by atoms with Crippen molar-refractivity contribution in [2.75, 3.05) is 0 Å². The molecule has 0 aromatic carbocycles. The largest absolute Gasteiger partial charge is 0.433 e. The van der Waals surface area contributed by atoms with Crippen LogP contribution in [0.15, 0.2) is 30.6 Å². The fourth-order valence-electron chi connectivity index (χ4n) is 1.67. The number of alkyl halides is 6. The quantitative estimate of drug-likeness (QED) is 0.470. The predicted octanol–water partition coefficient (Wildman–Crippen LogP) is 4.09. The molecule has 2 rings (SSSR count). The Morgan fingerprint density at radius 2 is 1.61 bits per heavy atom. The summed E-state index contributed by atoms with van der Waals surface area (Å²) in [5.74, 6) is 0. The van der Waals surface area contributed by atoms with E-state index in [1.54, 1.807) is 0 Å². The van der Waals surface area contributed by atoms with Crippen LogP contribution >= 0.6 is 0 Å². The highest BCUT2D eigenvalue weighted by Crippen LogP contribution is 2.35. The number of nitro groups is 1. The van der Waals surface area contributed by atoms with Gasteiger partial charge in [0.2, 0.25) is 0 Å². The third-order valence-electron chi connectivity index (χ3n) is 2.72. The second kappa shape index (κ2) is 5.48. The molecule has 0 atom stereocenters. The van der Waals surface area contributed by atoms with E-state index in [0.717, 1.165) is 6.07 Å². The summed E-state index contributed by atoms with van der Waals surface area (Å²) in [5.41, 5.74) is -4.28. The zero-order chi connectivity index (χ0) is 17.4. The number of hydrogen-bond acceptors (Lipinski definition) is 4. The van der Waals surface area contributed by atoms with Crippen LogP contribution in [0.1, 0.15) is 11.3 Å². The molecular formula is C12H5F6N3O2. The topological polar surface area (TPSA) is 68.9 Å². The summed E-state index contributed by atoms with van der Waals surface area (Å²) < 4.78 is 74.9. The van der Waals surface area contributed by atoms with Crippen molar-refractivity contribution < 1.29 is 31.3 Å². The molecule has 2 aromatic rings. The molecule has 0 N–H and O–H groups in total. The number of halogens is 6. The highest BCUT2D eigenvalue weighted by molar-refractivity contribution is 5.69.